The van der Waals surface area contributed by atoms with Gasteiger partial charge >= 0.3 is 0 Å². The zero-order chi connectivity index (χ0) is 11.8. The van der Waals surface area contributed by atoms with Gasteiger partial charge in [-0.25, -0.2) is 0 Å². The molecule has 0 spiro atoms. The van der Waals surface area contributed by atoms with Crippen LogP contribution in [0.1, 0.15) is 12.8 Å². The number of nitrogens with zero attached hydrogens (tertiary/aromatic N) is 1. The summed E-state index contributed by atoms with van der Waals surface area (Å²) in [6.07, 6.45) is 1.81. The van der Waals surface area contributed by atoms with E-state index in [0.717, 1.165) is 45.6 Å². The van der Waals surface area contributed by atoms with E-state index in [1.165, 1.54) is 0 Å². The summed E-state index contributed by atoms with van der Waals surface area (Å²) in [7, 11) is 0. The van der Waals surface area contributed by atoms with Gasteiger partial charge in [-0.1, -0.05) is 0 Å². The lowest BCUT2D eigenvalue weighted by Gasteiger charge is -2.28. The van der Waals surface area contributed by atoms with Crippen LogP contribution in [-0.4, -0.2) is 60.8 Å². The maximum atomic E-state index is 12.3. The largest absolute Gasteiger partial charge is 0.393 e. The van der Waals surface area contributed by atoms with Crippen molar-refractivity contribution in [2.45, 2.75) is 25.0 Å². The molecule has 0 bridgehead atoms. The molecule has 0 aromatic heterocycles. The van der Waals surface area contributed by atoms with Crippen LogP contribution in [-0.2, 0) is 4.79 Å². The average Bonchev–Trinajstić information content (AvgIpc) is 2.92. The van der Waals surface area contributed by atoms with Crippen LogP contribution in [0, 0.1) is 11.8 Å². The fourth-order valence-electron chi connectivity index (χ4n) is 3.46. The predicted octanol–water partition coefficient (Wildman–Crippen LogP) is -1.22. The van der Waals surface area contributed by atoms with Crippen molar-refractivity contribution in [1.29, 1.82) is 0 Å². The van der Waals surface area contributed by atoms with Crippen LogP contribution in [0.5, 0.6) is 0 Å². The summed E-state index contributed by atoms with van der Waals surface area (Å²) in [6.45, 7) is 4.13. The quantitative estimate of drug-likeness (QED) is 0.536. The molecule has 17 heavy (non-hydrogen) atoms. The number of aliphatic hydroxyl groups excluding tert-OH is 1. The molecule has 1 aliphatic carbocycles. The number of amides is 1. The van der Waals surface area contributed by atoms with E-state index in [2.05, 4.69) is 10.6 Å². The Hall–Kier alpha value is -0.650. The number of carbonyl (C=O) groups excluding carboxylic acids is 1. The molecule has 2 heterocycles. The highest BCUT2D eigenvalue weighted by Crippen LogP contribution is 2.38. The van der Waals surface area contributed by atoms with Crippen LogP contribution in [0.4, 0.5) is 0 Å². The predicted molar refractivity (Wildman–Crippen MR) is 63.5 cm³/mol. The number of likely N-dealkylation sites (tertiary alicyclic amines) is 1. The molecule has 1 amide bonds. The number of hydrogen-bond acceptors (Lipinski definition) is 4. The molecule has 5 nitrogen and oxygen atoms in total. The molecule has 0 aromatic carbocycles. The first kappa shape index (κ1) is 11.4. The topological polar surface area (TPSA) is 64.6 Å². The van der Waals surface area contributed by atoms with Crippen molar-refractivity contribution in [2.75, 3.05) is 32.7 Å². The third-order valence-electron chi connectivity index (χ3n) is 4.47. The first-order valence-electron chi connectivity index (χ1n) is 6.66. The van der Waals surface area contributed by atoms with Gasteiger partial charge in [-0.05, 0) is 18.8 Å². The fraction of sp³-hybridized carbons (Fsp3) is 0.917. The summed E-state index contributed by atoms with van der Waals surface area (Å²) in [5.74, 6) is 1.07. The van der Waals surface area contributed by atoms with Crippen molar-refractivity contribution in [3.8, 4) is 0 Å². The van der Waals surface area contributed by atoms with Gasteiger partial charge in [-0.15, -0.1) is 0 Å². The minimum absolute atomic E-state index is 0.0697. The molecule has 5 heteroatoms. The SMILES string of the molecule is O=C(C1CNCCN1)N1CC2CCC(O)C2C1. The molecule has 3 N–H and O–H groups in total. The minimum atomic E-state index is -0.185. The molecular weight excluding hydrogens is 218 g/mol. The summed E-state index contributed by atoms with van der Waals surface area (Å²) in [5.41, 5.74) is 0. The normalized spacial score (nSPS) is 41.6. The van der Waals surface area contributed by atoms with Gasteiger partial charge in [0.15, 0.2) is 0 Å². The van der Waals surface area contributed by atoms with Crippen molar-refractivity contribution in [3.05, 3.63) is 0 Å². The Morgan fingerprint density at radius 3 is 2.82 bits per heavy atom. The molecule has 2 saturated heterocycles. The minimum Gasteiger partial charge on any atom is -0.393 e. The first-order chi connectivity index (χ1) is 8.25. The number of hydrogen-bond donors (Lipinski definition) is 3. The summed E-state index contributed by atoms with van der Waals surface area (Å²) in [6, 6.07) is -0.0697. The van der Waals surface area contributed by atoms with Crippen molar-refractivity contribution in [3.63, 3.8) is 0 Å². The Kier molecular flexibility index (Phi) is 3.06. The zero-order valence-electron chi connectivity index (χ0n) is 10.1. The second-order valence-electron chi connectivity index (χ2n) is 5.52. The summed E-state index contributed by atoms with van der Waals surface area (Å²) >= 11 is 0. The van der Waals surface area contributed by atoms with Crippen molar-refractivity contribution < 1.29 is 9.90 Å². The highest BCUT2D eigenvalue weighted by molar-refractivity contribution is 5.82. The number of carbonyl (C=O) groups is 1. The second-order valence-corrected chi connectivity index (χ2v) is 5.52. The maximum Gasteiger partial charge on any atom is 0.241 e. The Labute approximate surface area is 102 Å². The van der Waals surface area contributed by atoms with E-state index < -0.39 is 0 Å². The number of piperazine rings is 1. The lowest BCUT2D eigenvalue weighted by molar-refractivity contribution is -0.133. The number of aliphatic hydroxyl groups is 1. The van der Waals surface area contributed by atoms with E-state index in [-0.39, 0.29) is 18.1 Å². The van der Waals surface area contributed by atoms with E-state index >= 15 is 0 Å². The molecule has 0 aromatic rings. The Morgan fingerprint density at radius 1 is 1.24 bits per heavy atom. The average molecular weight is 239 g/mol. The lowest BCUT2D eigenvalue weighted by atomic mass is 10.00. The standard InChI is InChI=1S/C12H21N3O2/c16-11-2-1-8-6-15(7-9(8)11)12(17)10-5-13-3-4-14-10/h8-11,13-14,16H,1-7H2. The maximum absolute atomic E-state index is 12.3. The van der Waals surface area contributed by atoms with Crippen LogP contribution < -0.4 is 10.6 Å². The van der Waals surface area contributed by atoms with Crippen LogP contribution in [0.2, 0.25) is 0 Å². The van der Waals surface area contributed by atoms with Gasteiger partial charge in [0.05, 0.1) is 12.1 Å². The molecule has 0 radical (unpaired) electrons. The van der Waals surface area contributed by atoms with E-state index in [9.17, 15) is 9.90 Å². The van der Waals surface area contributed by atoms with Crippen molar-refractivity contribution >= 4 is 5.91 Å². The van der Waals surface area contributed by atoms with Gasteiger partial charge in [-0.2, -0.15) is 0 Å². The van der Waals surface area contributed by atoms with Crippen LogP contribution in [0.25, 0.3) is 0 Å². The van der Waals surface area contributed by atoms with E-state index in [1.807, 2.05) is 4.90 Å². The highest BCUT2D eigenvalue weighted by atomic mass is 16.3. The Bertz CT molecular complexity index is 304. The number of fused-ring (bicyclic) bond motifs is 1. The second kappa shape index (κ2) is 4.55. The zero-order valence-corrected chi connectivity index (χ0v) is 10.1. The summed E-state index contributed by atoms with van der Waals surface area (Å²) in [5, 5.41) is 16.3. The van der Waals surface area contributed by atoms with Gasteiger partial charge in [0.1, 0.15) is 0 Å². The van der Waals surface area contributed by atoms with E-state index in [1.54, 1.807) is 0 Å². The summed E-state index contributed by atoms with van der Waals surface area (Å²) in [4.78, 5) is 14.2. The van der Waals surface area contributed by atoms with Crippen LogP contribution in [0.15, 0.2) is 0 Å². The first-order valence-corrected chi connectivity index (χ1v) is 6.66. The van der Waals surface area contributed by atoms with Gasteiger partial charge in [0.2, 0.25) is 5.91 Å². The van der Waals surface area contributed by atoms with Crippen molar-refractivity contribution in [2.24, 2.45) is 11.8 Å². The highest BCUT2D eigenvalue weighted by Gasteiger charge is 2.44. The molecule has 2 aliphatic heterocycles. The van der Waals surface area contributed by atoms with Gasteiger partial charge in [0.25, 0.3) is 0 Å². The number of rotatable bonds is 1. The molecule has 3 fully saturated rings. The smallest absolute Gasteiger partial charge is 0.241 e. The molecule has 4 atom stereocenters. The Morgan fingerprint density at radius 2 is 2.12 bits per heavy atom. The molecule has 96 valence electrons. The fourth-order valence-corrected chi connectivity index (χ4v) is 3.46. The van der Waals surface area contributed by atoms with Gasteiger partial charge in [0, 0.05) is 38.6 Å². The van der Waals surface area contributed by atoms with Crippen molar-refractivity contribution in [1.82, 2.24) is 15.5 Å². The summed E-state index contributed by atoms with van der Waals surface area (Å²) < 4.78 is 0. The van der Waals surface area contributed by atoms with Crippen LogP contribution >= 0.6 is 0 Å². The van der Waals surface area contributed by atoms with Crippen LogP contribution in [0.3, 0.4) is 0 Å². The van der Waals surface area contributed by atoms with E-state index in [4.69, 9.17) is 0 Å². The molecule has 3 aliphatic rings. The van der Waals surface area contributed by atoms with Gasteiger partial charge in [-0.3, -0.25) is 4.79 Å². The molecular formula is C12H21N3O2. The lowest BCUT2D eigenvalue weighted by Crippen LogP contribution is -2.56. The molecule has 4 unspecified atom stereocenters. The number of nitrogens with one attached hydrogen (secondary N) is 2. The molecule has 1 saturated carbocycles. The third-order valence-corrected chi connectivity index (χ3v) is 4.47. The van der Waals surface area contributed by atoms with E-state index in [0.29, 0.717) is 11.8 Å². The Balaban J connectivity index is 1.60. The van der Waals surface area contributed by atoms with Gasteiger partial charge < -0.3 is 20.6 Å². The third kappa shape index (κ3) is 2.07. The molecule has 3 rings (SSSR count). The monoisotopic (exact) mass is 239 g/mol.